The molecule has 0 radical (unpaired) electrons. The lowest BCUT2D eigenvalue weighted by Crippen LogP contribution is -2.36. The van der Waals surface area contributed by atoms with E-state index >= 15 is 0 Å². The molecule has 1 saturated carbocycles. The number of aliphatic hydroxyl groups excluding tert-OH is 1. The van der Waals surface area contributed by atoms with Crippen LogP contribution in [0.5, 0.6) is 5.75 Å². The third kappa shape index (κ3) is 5.23. The molecule has 0 unspecified atom stereocenters. The van der Waals surface area contributed by atoms with Crippen LogP contribution < -0.4 is 4.74 Å². The normalized spacial score (nSPS) is 15.5. The van der Waals surface area contributed by atoms with Crippen LogP contribution in [-0.4, -0.2) is 35.3 Å². The Hall–Kier alpha value is -1.55. The lowest BCUT2D eigenvalue weighted by molar-refractivity contribution is 0.0626. The highest BCUT2D eigenvalue weighted by atomic mass is 35.5. The van der Waals surface area contributed by atoms with Gasteiger partial charge in [-0.2, -0.15) is 0 Å². The molecule has 3 nitrogen and oxygen atoms in total. The van der Waals surface area contributed by atoms with Gasteiger partial charge >= 0.3 is 0 Å². The van der Waals surface area contributed by atoms with E-state index in [1.165, 1.54) is 24.0 Å². The SMILES string of the molecule is Cc1cccc(CN(C[C@@H](O)COc2ccc(Cl)cc2)C2CC2)c1. The number of benzene rings is 2. The van der Waals surface area contributed by atoms with E-state index in [1.54, 1.807) is 12.1 Å². The summed E-state index contributed by atoms with van der Waals surface area (Å²) in [5.41, 5.74) is 2.57. The Morgan fingerprint density at radius 2 is 1.96 bits per heavy atom. The van der Waals surface area contributed by atoms with E-state index in [1.807, 2.05) is 12.1 Å². The Balaban J connectivity index is 1.52. The number of ether oxygens (including phenoxy) is 1. The molecular weight excluding hydrogens is 322 g/mol. The average Bonchev–Trinajstić information content (AvgIpc) is 3.39. The maximum absolute atomic E-state index is 10.4. The molecule has 1 aliphatic carbocycles. The first-order chi connectivity index (χ1) is 11.6. The number of halogens is 1. The van der Waals surface area contributed by atoms with Crippen LogP contribution in [-0.2, 0) is 6.54 Å². The summed E-state index contributed by atoms with van der Waals surface area (Å²) in [6.07, 6.45) is 1.93. The first-order valence-corrected chi connectivity index (χ1v) is 8.84. The molecule has 1 aliphatic rings. The van der Waals surface area contributed by atoms with Crippen molar-refractivity contribution in [2.45, 2.75) is 38.5 Å². The summed E-state index contributed by atoms with van der Waals surface area (Å²) < 4.78 is 5.66. The molecule has 3 rings (SSSR count). The first kappa shape index (κ1) is 17.3. The molecule has 2 aromatic rings. The molecule has 1 atom stereocenters. The second-order valence-corrected chi connectivity index (χ2v) is 7.00. The van der Waals surface area contributed by atoms with Crippen molar-refractivity contribution in [2.75, 3.05) is 13.2 Å². The molecule has 0 saturated heterocycles. The van der Waals surface area contributed by atoms with Gasteiger partial charge < -0.3 is 9.84 Å². The van der Waals surface area contributed by atoms with Crippen molar-refractivity contribution in [2.24, 2.45) is 0 Å². The van der Waals surface area contributed by atoms with Crippen LogP contribution in [0.15, 0.2) is 48.5 Å². The molecule has 2 aromatic carbocycles. The van der Waals surface area contributed by atoms with E-state index in [0.717, 1.165) is 12.3 Å². The second-order valence-electron chi connectivity index (χ2n) is 6.57. The van der Waals surface area contributed by atoms with Crippen LogP contribution in [0.1, 0.15) is 24.0 Å². The van der Waals surface area contributed by atoms with Crippen LogP contribution in [0, 0.1) is 6.92 Å². The Morgan fingerprint density at radius 3 is 2.62 bits per heavy atom. The maximum Gasteiger partial charge on any atom is 0.119 e. The minimum Gasteiger partial charge on any atom is -0.491 e. The minimum atomic E-state index is -0.508. The van der Waals surface area contributed by atoms with Crippen molar-refractivity contribution in [3.05, 3.63) is 64.7 Å². The van der Waals surface area contributed by atoms with Crippen LogP contribution >= 0.6 is 11.6 Å². The highest BCUT2D eigenvalue weighted by Gasteiger charge is 2.30. The van der Waals surface area contributed by atoms with Gasteiger partial charge in [-0.25, -0.2) is 0 Å². The summed E-state index contributed by atoms with van der Waals surface area (Å²) in [5, 5.41) is 11.0. The number of aliphatic hydroxyl groups is 1. The van der Waals surface area contributed by atoms with Crippen molar-refractivity contribution in [1.29, 1.82) is 0 Å². The van der Waals surface area contributed by atoms with Crippen LogP contribution in [0.3, 0.4) is 0 Å². The van der Waals surface area contributed by atoms with Gasteiger partial charge in [0.25, 0.3) is 0 Å². The third-order valence-corrected chi connectivity index (χ3v) is 4.48. The monoisotopic (exact) mass is 345 g/mol. The average molecular weight is 346 g/mol. The van der Waals surface area contributed by atoms with Gasteiger partial charge in [-0.3, -0.25) is 4.90 Å². The van der Waals surface area contributed by atoms with Crippen molar-refractivity contribution in [1.82, 2.24) is 4.90 Å². The van der Waals surface area contributed by atoms with E-state index in [-0.39, 0.29) is 0 Å². The maximum atomic E-state index is 10.4. The molecule has 4 heteroatoms. The fraction of sp³-hybridized carbons (Fsp3) is 0.400. The minimum absolute atomic E-state index is 0.290. The van der Waals surface area contributed by atoms with Gasteiger partial charge in [-0.1, -0.05) is 41.4 Å². The van der Waals surface area contributed by atoms with Crippen LogP contribution in [0.4, 0.5) is 0 Å². The Morgan fingerprint density at radius 1 is 1.21 bits per heavy atom. The van der Waals surface area contributed by atoms with Gasteiger partial charge in [0.1, 0.15) is 18.5 Å². The van der Waals surface area contributed by atoms with Gasteiger partial charge in [0.15, 0.2) is 0 Å². The van der Waals surface area contributed by atoms with Crippen LogP contribution in [0.2, 0.25) is 5.02 Å². The van der Waals surface area contributed by atoms with Crippen molar-refractivity contribution >= 4 is 11.6 Å². The Bertz CT molecular complexity index is 655. The fourth-order valence-corrected chi connectivity index (χ4v) is 3.00. The zero-order valence-corrected chi connectivity index (χ0v) is 14.7. The zero-order chi connectivity index (χ0) is 16.9. The van der Waals surface area contributed by atoms with Crippen LogP contribution in [0.25, 0.3) is 0 Å². The van der Waals surface area contributed by atoms with Crippen molar-refractivity contribution in [3.8, 4) is 5.75 Å². The summed E-state index contributed by atoms with van der Waals surface area (Å²) in [4.78, 5) is 2.37. The highest BCUT2D eigenvalue weighted by molar-refractivity contribution is 6.30. The molecule has 128 valence electrons. The van der Waals surface area contributed by atoms with Crippen molar-refractivity contribution < 1.29 is 9.84 Å². The van der Waals surface area contributed by atoms with Gasteiger partial charge in [-0.05, 0) is 49.6 Å². The zero-order valence-electron chi connectivity index (χ0n) is 14.0. The molecule has 1 fully saturated rings. The van der Waals surface area contributed by atoms with Gasteiger partial charge in [0.05, 0.1) is 0 Å². The smallest absolute Gasteiger partial charge is 0.119 e. The summed E-state index contributed by atoms with van der Waals surface area (Å²) in [7, 11) is 0. The summed E-state index contributed by atoms with van der Waals surface area (Å²) in [5.74, 6) is 0.732. The number of rotatable bonds is 8. The van der Waals surface area contributed by atoms with E-state index in [9.17, 15) is 5.11 Å². The topological polar surface area (TPSA) is 32.7 Å². The van der Waals surface area contributed by atoms with E-state index in [2.05, 4.69) is 36.1 Å². The molecule has 0 bridgehead atoms. The molecule has 0 aromatic heterocycles. The number of nitrogens with zero attached hydrogens (tertiary/aromatic N) is 1. The quantitative estimate of drug-likeness (QED) is 0.783. The summed E-state index contributed by atoms with van der Waals surface area (Å²) in [6.45, 7) is 3.91. The molecule has 1 N–H and O–H groups in total. The van der Waals surface area contributed by atoms with Gasteiger partial charge in [0.2, 0.25) is 0 Å². The highest BCUT2D eigenvalue weighted by Crippen LogP contribution is 2.28. The fourth-order valence-electron chi connectivity index (χ4n) is 2.87. The second kappa shape index (κ2) is 8.02. The van der Waals surface area contributed by atoms with Crippen molar-refractivity contribution in [3.63, 3.8) is 0 Å². The lowest BCUT2D eigenvalue weighted by atomic mass is 10.1. The molecule has 24 heavy (non-hydrogen) atoms. The lowest BCUT2D eigenvalue weighted by Gasteiger charge is -2.25. The summed E-state index contributed by atoms with van der Waals surface area (Å²) >= 11 is 5.86. The predicted octanol–water partition coefficient (Wildman–Crippen LogP) is 4.05. The third-order valence-electron chi connectivity index (χ3n) is 4.23. The standard InChI is InChI=1S/C20H24ClNO2/c1-15-3-2-4-16(11-15)12-22(18-7-8-18)13-19(23)14-24-20-9-5-17(21)6-10-20/h2-6,9-11,18-19,23H,7-8,12-14H2,1H3/t19-/m1/s1. The molecule has 0 aliphatic heterocycles. The number of hydrogen-bond donors (Lipinski definition) is 1. The summed E-state index contributed by atoms with van der Waals surface area (Å²) in [6, 6.07) is 16.4. The Labute approximate surface area is 148 Å². The first-order valence-electron chi connectivity index (χ1n) is 8.46. The molecule has 0 heterocycles. The largest absolute Gasteiger partial charge is 0.491 e. The van der Waals surface area contributed by atoms with E-state index in [0.29, 0.717) is 24.2 Å². The van der Waals surface area contributed by atoms with Gasteiger partial charge in [0, 0.05) is 24.2 Å². The number of aryl methyl sites for hydroxylation is 1. The van der Waals surface area contributed by atoms with E-state index < -0.39 is 6.10 Å². The molecular formula is C20H24ClNO2. The Kier molecular flexibility index (Phi) is 5.77. The van der Waals surface area contributed by atoms with Gasteiger partial charge in [-0.15, -0.1) is 0 Å². The predicted molar refractivity (Wildman–Crippen MR) is 97.6 cm³/mol. The van der Waals surface area contributed by atoms with E-state index in [4.69, 9.17) is 16.3 Å². The number of hydrogen-bond acceptors (Lipinski definition) is 3. The molecule has 0 amide bonds. The molecule has 0 spiro atoms.